The van der Waals surface area contributed by atoms with Gasteiger partial charge < -0.3 is 15.5 Å². The Kier molecular flexibility index (Phi) is 3.61. The lowest BCUT2D eigenvalue weighted by atomic mass is 10.0. The monoisotopic (exact) mass is 272 g/mol. The number of hydrogen-bond donors (Lipinski definition) is 2. The summed E-state index contributed by atoms with van der Waals surface area (Å²) in [7, 11) is 1.56. The summed E-state index contributed by atoms with van der Waals surface area (Å²) in [5.41, 5.74) is 7.56. The zero-order valence-corrected chi connectivity index (χ0v) is 11.6. The van der Waals surface area contributed by atoms with Gasteiger partial charge in [-0.15, -0.1) is 0 Å². The lowest BCUT2D eigenvalue weighted by Gasteiger charge is -2.03. The van der Waals surface area contributed by atoms with Crippen LogP contribution in [0.2, 0.25) is 0 Å². The van der Waals surface area contributed by atoms with Crippen molar-refractivity contribution in [2.75, 3.05) is 12.8 Å². The van der Waals surface area contributed by atoms with Gasteiger partial charge in [-0.1, -0.05) is 0 Å². The van der Waals surface area contributed by atoms with Gasteiger partial charge in [-0.2, -0.15) is 0 Å². The van der Waals surface area contributed by atoms with Crippen molar-refractivity contribution in [2.45, 2.75) is 13.8 Å². The molecule has 3 N–H and O–H groups in total. The van der Waals surface area contributed by atoms with E-state index in [9.17, 15) is 9.59 Å². The van der Waals surface area contributed by atoms with Gasteiger partial charge in [-0.05, 0) is 43.7 Å². The predicted octanol–water partition coefficient (Wildman–Crippen LogP) is 2.35. The van der Waals surface area contributed by atoms with Gasteiger partial charge in [0, 0.05) is 5.56 Å². The molecule has 0 bridgehead atoms. The van der Waals surface area contributed by atoms with Crippen LogP contribution < -0.4 is 10.5 Å². The van der Waals surface area contributed by atoms with Crippen LogP contribution in [0.3, 0.4) is 0 Å². The highest BCUT2D eigenvalue weighted by Crippen LogP contribution is 2.23. The normalized spacial score (nSPS) is 10.3. The molecule has 20 heavy (non-hydrogen) atoms. The number of nitrogen functional groups attached to an aromatic ring is 1. The van der Waals surface area contributed by atoms with E-state index in [-0.39, 0.29) is 17.4 Å². The third-order valence-corrected chi connectivity index (χ3v) is 3.21. The highest BCUT2D eigenvalue weighted by molar-refractivity contribution is 6.12. The number of methoxy groups -OCH3 is 1. The summed E-state index contributed by atoms with van der Waals surface area (Å²) in [5, 5.41) is 0. The zero-order valence-electron chi connectivity index (χ0n) is 11.6. The van der Waals surface area contributed by atoms with E-state index < -0.39 is 0 Å². The van der Waals surface area contributed by atoms with Gasteiger partial charge in [-0.25, -0.2) is 0 Å². The van der Waals surface area contributed by atoms with Gasteiger partial charge in [0.05, 0.1) is 18.4 Å². The Morgan fingerprint density at radius 3 is 2.25 bits per heavy atom. The molecule has 0 unspecified atom stereocenters. The zero-order chi connectivity index (χ0) is 14.9. The summed E-state index contributed by atoms with van der Waals surface area (Å²) >= 11 is 0. The molecular weight excluding hydrogens is 256 g/mol. The van der Waals surface area contributed by atoms with Crippen molar-refractivity contribution in [3.8, 4) is 5.75 Å². The van der Waals surface area contributed by atoms with Crippen molar-refractivity contribution in [1.29, 1.82) is 0 Å². The van der Waals surface area contributed by atoms with Crippen molar-refractivity contribution in [3.05, 3.63) is 46.6 Å². The number of aromatic amines is 1. The molecule has 5 nitrogen and oxygen atoms in total. The van der Waals surface area contributed by atoms with E-state index in [4.69, 9.17) is 10.5 Å². The highest BCUT2D eigenvalue weighted by Gasteiger charge is 2.21. The second kappa shape index (κ2) is 5.21. The molecule has 5 heteroatoms. The number of nitrogens with two attached hydrogens (primary N) is 1. The number of carbonyl (C=O) groups is 2. The van der Waals surface area contributed by atoms with Crippen LogP contribution in [-0.4, -0.2) is 23.7 Å². The molecule has 2 rings (SSSR count). The highest BCUT2D eigenvalue weighted by atomic mass is 16.5. The van der Waals surface area contributed by atoms with Gasteiger partial charge >= 0.3 is 0 Å². The molecule has 0 spiro atoms. The second-order valence-electron chi connectivity index (χ2n) is 4.53. The summed E-state index contributed by atoms with van der Waals surface area (Å²) in [6, 6.07) is 6.76. The van der Waals surface area contributed by atoms with Crippen molar-refractivity contribution < 1.29 is 14.3 Å². The van der Waals surface area contributed by atoms with Crippen LogP contribution in [-0.2, 0) is 0 Å². The molecule has 0 amide bonds. The summed E-state index contributed by atoms with van der Waals surface area (Å²) in [5.74, 6) is 0.537. The topological polar surface area (TPSA) is 85.2 Å². The Morgan fingerprint density at radius 1 is 1.20 bits per heavy atom. The molecule has 0 saturated heterocycles. The summed E-state index contributed by atoms with van der Waals surface area (Å²) < 4.78 is 5.05. The second-order valence-corrected chi connectivity index (χ2v) is 4.53. The third kappa shape index (κ3) is 2.30. The first-order valence-corrected chi connectivity index (χ1v) is 6.13. The number of ether oxygens (including phenoxy) is 1. The van der Waals surface area contributed by atoms with Gasteiger partial charge in [0.25, 0.3) is 0 Å². The Hall–Kier alpha value is -2.56. The molecule has 104 valence electrons. The Balaban J connectivity index is 2.43. The molecule has 0 aliphatic carbocycles. The van der Waals surface area contributed by atoms with Crippen LogP contribution in [0.4, 0.5) is 5.82 Å². The third-order valence-electron chi connectivity index (χ3n) is 3.21. The molecule has 0 fully saturated rings. The van der Waals surface area contributed by atoms with E-state index in [1.807, 2.05) is 0 Å². The van der Waals surface area contributed by atoms with Crippen LogP contribution in [0.25, 0.3) is 0 Å². The maximum Gasteiger partial charge on any atom is 0.209 e. The minimum absolute atomic E-state index is 0.162. The molecule has 1 aromatic heterocycles. The van der Waals surface area contributed by atoms with Crippen LogP contribution in [0, 0.1) is 6.92 Å². The fourth-order valence-electron chi connectivity index (χ4n) is 2.19. The van der Waals surface area contributed by atoms with Crippen LogP contribution in [0.15, 0.2) is 24.3 Å². The molecule has 0 atom stereocenters. The number of ketones is 2. The molecule has 1 aromatic carbocycles. The maximum atomic E-state index is 12.4. The standard InChI is InChI=1S/C15H16N2O3/c1-8-12(9(2)18)15(16)17-13(8)14(19)10-4-6-11(20-3)7-5-10/h4-7,17H,16H2,1-3H3. The van der Waals surface area contributed by atoms with Gasteiger partial charge in [0.2, 0.25) is 5.78 Å². The summed E-state index contributed by atoms with van der Waals surface area (Å²) in [6.07, 6.45) is 0. The van der Waals surface area contributed by atoms with Gasteiger partial charge in [0.1, 0.15) is 11.6 Å². The Bertz CT molecular complexity index is 669. The van der Waals surface area contributed by atoms with Crippen molar-refractivity contribution in [2.24, 2.45) is 0 Å². The fraction of sp³-hybridized carbons (Fsp3) is 0.200. The molecule has 1 heterocycles. The number of Topliss-reactive ketones (excluding diaryl/α,β-unsaturated/α-hetero) is 1. The van der Waals surface area contributed by atoms with Crippen LogP contribution in [0.1, 0.15) is 38.9 Å². The number of H-pyrrole nitrogens is 1. The molecule has 2 aromatic rings. The van der Waals surface area contributed by atoms with E-state index in [2.05, 4.69) is 4.98 Å². The smallest absolute Gasteiger partial charge is 0.209 e. The van der Waals surface area contributed by atoms with Crippen molar-refractivity contribution in [3.63, 3.8) is 0 Å². The Morgan fingerprint density at radius 2 is 1.80 bits per heavy atom. The molecular formula is C15H16N2O3. The fourth-order valence-corrected chi connectivity index (χ4v) is 2.19. The number of rotatable bonds is 4. The first kappa shape index (κ1) is 13.9. The van der Waals surface area contributed by atoms with Crippen molar-refractivity contribution in [1.82, 2.24) is 4.98 Å². The van der Waals surface area contributed by atoms with Gasteiger partial charge in [-0.3, -0.25) is 9.59 Å². The number of benzene rings is 1. The molecule has 0 aliphatic heterocycles. The van der Waals surface area contributed by atoms with E-state index in [0.717, 1.165) is 0 Å². The minimum atomic E-state index is -0.204. The van der Waals surface area contributed by atoms with Gasteiger partial charge in [0.15, 0.2) is 5.78 Å². The van der Waals surface area contributed by atoms with E-state index in [1.54, 1.807) is 38.3 Å². The number of anilines is 1. The minimum Gasteiger partial charge on any atom is -0.497 e. The average molecular weight is 272 g/mol. The van der Waals surface area contributed by atoms with Crippen LogP contribution >= 0.6 is 0 Å². The quantitative estimate of drug-likeness (QED) is 0.836. The Labute approximate surface area is 116 Å². The number of nitrogens with one attached hydrogen (secondary N) is 1. The molecule has 0 saturated carbocycles. The number of hydrogen-bond acceptors (Lipinski definition) is 4. The van der Waals surface area contributed by atoms with E-state index in [0.29, 0.717) is 28.1 Å². The average Bonchev–Trinajstić information content (AvgIpc) is 2.73. The largest absolute Gasteiger partial charge is 0.497 e. The summed E-state index contributed by atoms with van der Waals surface area (Å²) in [6.45, 7) is 3.13. The van der Waals surface area contributed by atoms with Crippen LogP contribution in [0.5, 0.6) is 5.75 Å². The lowest BCUT2D eigenvalue weighted by molar-refractivity contribution is 0.101. The van der Waals surface area contributed by atoms with E-state index in [1.165, 1.54) is 6.92 Å². The molecule has 0 aliphatic rings. The van der Waals surface area contributed by atoms with Crippen molar-refractivity contribution >= 4 is 17.4 Å². The number of carbonyl (C=O) groups excluding carboxylic acids is 2. The first-order chi connectivity index (χ1) is 9.45. The molecule has 0 radical (unpaired) electrons. The first-order valence-electron chi connectivity index (χ1n) is 6.13. The SMILES string of the molecule is COc1ccc(C(=O)c2[nH]c(N)c(C(C)=O)c2C)cc1. The predicted molar refractivity (Wildman–Crippen MR) is 76.4 cm³/mol. The summed E-state index contributed by atoms with van der Waals surface area (Å²) in [4.78, 5) is 26.7. The lowest BCUT2D eigenvalue weighted by Crippen LogP contribution is -2.04. The number of aromatic nitrogens is 1. The van der Waals surface area contributed by atoms with E-state index >= 15 is 0 Å². The maximum absolute atomic E-state index is 12.4.